The molecule has 196 valence electrons. The summed E-state index contributed by atoms with van der Waals surface area (Å²) in [4.78, 5) is 22.9. The van der Waals surface area contributed by atoms with Crippen molar-refractivity contribution >= 4 is 29.2 Å². The van der Waals surface area contributed by atoms with Crippen molar-refractivity contribution in [2.24, 2.45) is 0 Å². The van der Waals surface area contributed by atoms with Crippen molar-refractivity contribution in [2.75, 3.05) is 5.32 Å². The lowest BCUT2D eigenvalue weighted by Gasteiger charge is -2.14. The third kappa shape index (κ3) is 6.45. The summed E-state index contributed by atoms with van der Waals surface area (Å²) < 4.78 is 54.5. The van der Waals surface area contributed by atoms with Gasteiger partial charge in [-0.05, 0) is 42.0 Å². The molecule has 3 aromatic carbocycles. The van der Waals surface area contributed by atoms with E-state index in [1.165, 1.54) is 60.3 Å². The van der Waals surface area contributed by atoms with Gasteiger partial charge in [-0.15, -0.1) is 10.2 Å². The molecule has 1 aromatic heterocycles. The first-order valence-electron chi connectivity index (χ1n) is 10.9. The number of non-ortho nitro benzene ring substituents is 1. The highest BCUT2D eigenvalue weighted by atomic mass is 32.2. The molecule has 0 saturated carbocycles. The Kier molecular flexibility index (Phi) is 7.90. The topological polar surface area (TPSA) is 115 Å². The quantitative estimate of drug-likeness (QED) is 0.122. The van der Waals surface area contributed by atoms with Gasteiger partial charge in [-0.2, -0.15) is 13.2 Å². The van der Waals surface area contributed by atoms with Gasteiger partial charge in [0.15, 0.2) is 11.0 Å². The minimum atomic E-state index is -4.66. The summed E-state index contributed by atoms with van der Waals surface area (Å²) in [7, 11) is 0. The van der Waals surface area contributed by atoms with Gasteiger partial charge >= 0.3 is 12.2 Å². The van der Waals surface area contributed by atoms with Gasteiger partial charge in [0.25, 0.3) is 5.69 Å². The number of para-hydroxylation sites is 1. The molecule has 38 heavy (non-hydrogen) atoms. The Morgan fingerprint density at radius 3 is 2.34 bits per heavy atom. The van der Waals surface area contributed by atoms with Gasteiger partial charge < -0.3 is 10.6 Å². The molecule has 2 N–H and O–H groups in total. The average molecular weight is 547 g/mol. The molecule has 0 bridgehead atoms. The molecule has 9 nitrogen and oxygen atoms in total. The van der Waals surface area contributed by atoms with Crippen LogP contribution in [0.15, 0.2) is 78.0 Å². The van der Waals surface area contributed by atoms with Gasteiger partial charge in [0.1, 0.15) is 5.82 Å². The maximum atomic E-state index is 13.2. The standard InChI is InChI=1S/C24H18F4N6O3S/c25-16-7-5-15(6-8-16)14-38-23-32-31-21(33(23)17-9-11-18(12-10-17)34(36)37)13-29-22(35)30-20-4-2-1-3-19(20)24(26,27)28/h1-12H,13-14H2,(H2,29,30,35). The van der Waals surface area contributed by atoms with Crippen LogP contribution in [0.1, 0.15) is 17.0 Å². The van der Waals surface area contributed by atoms with Crippen molar-refractivity contribution in [3.05, 3.63) is 106 Å². The van der Waals surface area contributed by atoms with Crippen LogP contribution in [0.2, 0.25) is 0 Å². The van der Waals surface area contributed by atoms with Gasteiger partial charge in [-0.25, -0.2) is 9.18 Å². The van der Waals surface area contributed by atoms with E-state index in [4.69, 9.17) is 0 Å². The summed E-state index contributed by atoms with van der Waals surface area (Å²) in [5.74, 6) is 0.241. The van der Waals surface area contributed by atoms with E-state index in [-0.39, 0.29) is 23.9 Å². The molecule has 4 aromatic rings. The lowest BCUT2D eigenvalue weighted by molar-refractivity contribution is -0.384. The number of rotatable bonds is 8. The van der Waals surface area contributed by atoms with Gasteiger partial charge in [-0.1, -0.05) is 36.0 Å². The van der Waals surface area contributed by atoms with Crippen molar-refractivity contribution in [3.63, 3.8) is 0 Å². The molecule has 0 fully saturated rings. The molecule has 0 aliphatic rings. The van der Waals surface area contributed by atoms with Gasteiger partial charge in [0.2, 0.25) is 0 Å². The maximum absolute atomic E-state index is 13.2. The number of benzene rings is 3. The van der Waals surface area contributed by atoms with Crippen LogP contribution in [0.4, 0.5) is 33.7 Å². The number of amides is 2. The zero-order chi connectivity index (χ0) is 27.3. The monoisotopic (exact) mass is 546 g/mol. The number of nitro groups is 1. The van der Waals surface area contributed by atoms with Crippen molar-refractivity contribution < 1.29 is 27.3 Å². The SMILES string of the molecule is O=C(NCc1nnc(SCc2ccc(F)cc2)n1-c1ccc([N+](=O)[O-])cc1)Nc1ccccc1C(F)(F)F. The molecular formula is C24H18F4N6O3S. The molecule has 4 rings (SSSR count). The smallest absolute Gasteiger partial charge is 0.331 e. The highest BCUT2D eigenvalue weighted by Gasteiger charge is 2.33. The molecule has 0 unspecified atom stereocenters. The molecule has 0 radical (unpaired) electrons. The van der Waals surface area contributed by atoms with Crippen LogP contribution in [0.5, 0.6) is 0 Å². The fourth-order valence-electron chi connectivity index (χ4n) is 3.38. The molecule has 0 atom stereocenters. The van der Waals surface area contributed by atoms with E-state index in [0.29, 0.717) is 16.6 Å². The normalized spacial score (nSPS) is 11.3. The summed E-state index contributed by atoms with van der Waals surface area (Å²) in [6.07, 6.45) is -4.66. The molecule has 1 heterocycles. The van der Waals surface area contributed by atoms with E-state index in [1.54, 1.807) is 16.7 Å². The lowest BCUT2D eigenvalue weighted by atomic mass is 10.1. The van der Waals surface area contributed by atoms with Crippen LogP contribution < -0.4 is 10.6 Å². The second kappa shape index (κ2) is 11.3. The molecule has 2 amide bonds. The number of hydrogen-bond acceptors (Lipinski definition) is 6. The number of carbonyl (C=O) groups excluding carboxylic acids is 1. The van der Waals surface area contributed by atoms with Crippen LogP contribution in [-0.2, 0) is 18.5 Å². The summed E-state index contributed by atoms with van der Waals surface area (Å²) in [5.41, 5.74) is -0.280. The van der Waals surface area contributed by atoms with Crippen LogP contribution in [0.25, 0.3) is 5.69 Å². The molecule has 0 saturated heterocycles. The maximum Gasteiger partial charge on any atom is 0.418 e. The number of anilines is 1. The second-order valence-corrected chi connectivity index (χ2v) is 8.72. The minimum Gasteiger partial charge on any atom is -0.331 e. The number of alkyl halides is 3. The van der Waals surface area contributed by atoms with Crippen molar-refractivity contribution in [3.8, 4) is 5.69 Å². The predicted octanol–water partition coefficient (Wildman–Crippen LogP) is 5.95. The highest BCUT2D eigenvalue weighted by Crippen LogP contribution is 2.34. The van der Waals surface area contributed by atoms with Crippen molar-refractivity contribution in [1.82, 2.24) is 20.1 Å². The molecule has 0 spiro atoms. The number of halogens is 4. The number of hydrogen-bond donors (Lipinski definition) is 2. The van der Waals surface area contributed by atoms with Gasteiger partial charge in [0, 0.05) is 23.6 Å². The number of nitrogens with one attached hydrogen (secondary N) is 2. The summed E-state index contributed by atoms with van der Waals surface area (Å²) in [5, 5.41) is 24.3. The zero-order valence-electron chi connectivity index (χ0n) is 19.3. The van der Waals surface area contributed by atoms with Crippen molar-refractivity contribution in [1.29, 1.82) is 0 Å². The first-order chi connectivity index (χ1) is 18.1. The minimum absolute atomic E-state index is 0.135. The Balaban J connectivity index is 1.54. The highest BCUT2D eigenvalue weighted by molar-refractivity contribution is 7.98. The lowest BCUT2D eigenvalue weighted by Crippen LogP contribution is -2.30. The first-order valence-corrected chi connectivity index (χ1v) is 11.9. The number of nitro benzene ring substituents is 1. The van der Waals surface area contributed by atoms with E-state index in [9.17, 15) is 32.5 Å². The summed E-state index contributed by atoms with van der Waals surface area (Å²) in [6, 6.07) is 15.1. The zero-order valence-corrected chi connectivity index (χ0v) is 20.1. The van der Waals surface area contributed by atoms with E-state index in [1.807, 2.05) is 0 Å². The molecule has 0 aliphatic carbocycles. The Morgan fingerprint density at radius 1 is 1.00 bits per heavy atom. The largest absolute Gasteiger partial charge is 0.418 e. The molecule has 0 aliphatic heterocycles. The van der Waals surface area contributed by atoms with E-state index >= 15 is 0 Å². The summed E-state index contributed by atoms with van der Waals surface area (Å²) >= 11 is 1.25. The van der Waals surface area contributed by atoms with Crippen molar-refractivity contribution in [2.45, 2.75) is 23.6 Å². The first kappa shape index (κ1) is 26.6. The molecular weight excluding hydrogens is 528 g/mol. The third-order valence-electron chi connectivity index (χ3n) is 5.19. The fraction of sp³-hybridized carbons (Fsp3) is 0.125. The van der Waals surface area contributed by atoms with Crippen LogP contribution in [0.3, 0.4) is 0 Å². The third-order valence-corrected chi connectivity index (χ3v) is 6.19. The number of carbonyl (C=O) groups is 1. The Morgan fingerprint density at radius 2 is 1.68 bits per heavy atom. The van der Waals surface area contributed by atoms with Gasteiger partial charge in [0.05, 0.1) is 22.7 Å². The predicted molar refractivity (Wildman–Crippen MR) is 131 cm³/mol. The van der Waals surface area contributed by atoms with Crippen LogP contribution in [0, 0.1) is 15.9 Å². The van der Waals surface area contributed by atoms with E-state index < -0.39 is 28.4 Å². The van der Waals surface area contributed by atoms with E-state index in [0.717, 1.165) is 17.7 Å². The molecule has 14 heteroatoms. The Bertz CT molecular complexity index is 1440. The number of nitrogens with zero attached hydrogens (tertiary/aromatic N) is 4. The Labute approximate surface area is 217 Å². The number of urea groups is 1. The van der Waals surface area contributed by atoms with E-state index in [2.05, 4.69) is 20.8 Å². The number of aromatic nitrogens is 3. The van der Waals surface area contributed by atoms with Gasteiger partial charge in [-0.3, -0.25) is 14.7 Å². The van der Waals surface area contributed by atoms with Crippen LogP contribution >= 0.6 is 11.8 Å². The second-order valence-electron chi connectivity index (χ2n) is 7.77. The fourth-order valence-corrected chi connectivity index (χ4v) is 4.31. The van der Waals surface area contributed by atoms with Crippen LogP contribution in [-0.4, -0.2) is 25.7 Å². The Hall–Kier alpha value is -4.46. The summed E-state index contributed by atoms with van der Waals surface area (Å²) in [6.45, 7) is -0.221. The number of thioether (sulfide) groups is 1. The average Bonchev–Trinajstić information content (AvgIpc) is 3.29.